The molecule has 1 fully saturated rings. The van der Waals surface area contributed by atoms with Gasteiger partial charge in [-0.15, -0.1) is 11.8 Å². The minimum atomic E-state index is -0.763. The quantitative estimate of drug-likeness (QED) is 0.866. The molecule has 2 N–H and O–H groups in total. The number of carboxylic acid groups (broad SMARTS) is 1. The van der Waals surface area contributed by atoms with Crippen molar-refractivity contribution >= 4 is 17.7 Å². The number of carbonyl (C=O) groups is 1. The van der Waals surface area contributed by atoms with Gasteiger partial charge in [-0.1, -0.05) is 12.1 Å². The summed E-state index contributed by atoms with van der Waals surface area (Å²) < 4.78 is 5.13. The molecule has 0 aliphatic carbocycles. The van der Waals surface area contributed by atoms with E-state index in [1.165, 1.54) is 5.56 Å². The molecule has 0 aromatic heterocycles. The molecule has 1 saturated heterocycles. The first kappa shape index (κ1) is 14.2. The van der Waals surface area contributed by atoms with Crippen molar-refractivity contribution in [3.05, 3.63) is 29.8 Å². The Bertz CT molecular complexity index is 449. The van der Waals surface area contributed by atoms with Crippen LogP contribution in [0.5, 0.6) is 5.75 Å². The molecule has 2 atom stereocenters. The van der Waals surface area contributed by atoms with Crippen molar-refractivity contribution in [3.8, 4) is 5.75 Å². The van der Waals surface area contributed by atoms with Crippen molar-refractivity contribution in [1.29, 1.82) is 0 Å². The summed E-state index contributed by atoms with van der Waals surface area (Å²) in [5.74, 6) is 0.726. The van der Waals surface area contributed by atoms with E-state index in [9.17, 15) is 4.79 Å². The lowest BCUT2D eigenvalue weighted by Gasteiger charge is -2.24. The summed E-state index contributed by atoms with van der Waals surface area (Å²) >= 11 is 1.69. The van der Waals surface area contributed by atoms with E-state index in [0.29, 0.717) is 5.75 Å². The molecule has 0 spiro atoms. The van der Waals surface area contributed by atoms with Gasteiger partial charge in [0.05, 0.1) is 12.0 Å². The van der Waals surface area contributed by atoms with Crippen molar-refractivity contribution in [2.45, 2.75) is 30.7 Å². The van der Waals surface area contributed by atoms with Gasteiger partial charge in [0.1, 0.15) is 11.8 Å². The molecule has 4 nitrogen and oxygen atoms in total. The predicted octanol–water partition coefficient (Wildman–Crippen LogP) is 2.13. The second-order valence-electron chi connectivity index (χ2n) is 4.93. The molecule has 1 aliphatic heterocycles. The average Bonchev–Trinajstić information content (AvgIpc) is 2.81. The number of ether oxygens (including phenoxy) is 1. The number of aryl methyl sites for hydroxylation is 1. The first-order chi connectivity index (χ1) is 9.02. The fourth-order valence-electron chi connectivity index (χ4n) is 2.17. The molecule has 5 heteroatoms. The number of benzene rings is 1. The minimum absolute atomic E-state index is 0.150. The van der Waals surface area contributed by atoms with Crippen LogP contribution in [0.1, 0.15) is 18.9 Å². The molecule has 0 bridgehead atoms. The Morgan fingerprint density at radius 1 is 1.53 bits per heavy atom. The fourth-order valence-corrected chi connectivity index (χ4v) is 3.40. The maximum Gasteiger partial charge on any atom is 0.321 e. The van der Waals surface area contributed by atoms with Gasteiger partial charge < -0.3 is 9.84 Å². The highest BCUT2D eigenvalue weighted by Gasteiger charge is 2.37. The number of hydrogen-bond donors (Lipinski definition) is 2. The zero-order valence-electron chi connectivity index (χ0n) is 11.2. The summed E-state index contributed by atoms with van der Waals surface area (Å²) in [5.41, 5.74) is 1.24. The van der Waals surface area contributed by atoms with Gasteiger partial charge in [-0.25, -0.2) is 0 Å². The molecule has 1 aromatic carbocycles. The van der Waals surface area contributed by atoms with E-state index in [0.717, 1.165) is 18.6 Å². The summed E-state index contributed by atoms with van der Waals surface area (Å²) in [4.78, 5) is 10.8. The molecule has 19 heavy (non-hydrogen) atoms. The van der Waals surface area contributed by atoms with Gasteiger partial charge in [0, 0.05) is 5.75 Å². The van der Waals surface area contributed by atoms with Crippen LogP contribution < -0.4 is 10.1 Å². The van der Waals surface area contributed by atoms with Crippen LogP contribution in [0.3, 0.4) is 0 Å². The van der Waals surface area contributed by atoms with E-state index in [2.05, 4.69) is 24.4 Å². The van der Waals surface area contributed by atoms with E-state index in [1.54, 1.807) is 18.9 Å². The lowest BCUT2D eigenvalue weighted by molar-refractivity contribution is -0.138. The fraction of sp³-hybridized carbons (Fsp3) is 0.500. The monoisotopic (exact) mass is 281 g/mol. The molecule has 1 unspecified atom stereocenters. The van der Waals surface area contributed by atoms with E-state index < -0.39 is 12.0 Å². The Kier molecular flexibility index (Phi) is 4.37. The molecule has 1 aliphatic rings. The number of rotatable bonds is 5. The third kappa shape index (κ3) is 3.64. The van der Waals surface area contributed by atoms with Crippen molar-refractivity contribution < 1.29 is 14.6 Å². The SMILES string of the molecule is COc1ccc(CCC2(C)N[C@H](C(=O)O)CS2)cc1. The maximum absolute atomic E-state index is 10.9. The molecule has 0 amide bonds. The minimum Gasteiger partial charge on any atom is -0.497 e. The van der Waals surface area contributed by atoms with Gasteiger partial charge in [-0.3, -0.25) is 10.1 Å². The van der Waals surface area contributed by atoms with Crippen LogP contribution in [-0.4, -0.2) is 34.9 Å². The second-order valence-corrected chi connectivity index (χ2v) is 6.45. The van der Waals surface area contributed by atoms with Crippen molar-refractivity contribution in [1.82, 2.24) is 5.32 Å². The second kappa shape index (κ2) is 5.84. The van der Waals surface area contributed by atoms with E-state index in [1.807, 2.05) is 12.1 Å². The van der Waals surface area contributed by atoms with Crippen LogP contribution in [0.25, 0.3) is 0 Å². The van der Waals surface area contributed by atoms with E-state index in [4.69, 9.17) is 9.84 Å². The smallest absolute Gasteiger partial charge is 0.321 e. The first-order valence-corrected chi connectivity index (χ1v) is 7.28. The van der Waals surface area contributed by atoms with Gasteiger partial charge in [0.2, 0.25) is 0 Å². The summed E-state index contributed by atoms with van der Waals surface area (Å²) in [6.07, 6.45) is 1.83. The summed E-state index contributed by atoms with van der Waals surface area (Å²) in [7, 11) is 1.65. The molecule has 1 aromatic rings. The molecule has 104 valence electrons. The van der Waals surface area contributed by atoms with Crippen molar-refractivity contribution in [2.24, 2.45) is 0 Å². The van der Waals surface area contributed by atoms with Crippen LogP contribution in [0.4, 0.5) is 0 Å². The highest BCUT2D eigenvalue weighted by Crippen LogP contribution is 2.34. The summed E-state index contributed by atoms with van der Waals surface area (Å²) in [6, 6.07) is 7.58. The topological polar surface area (TPSA) is 58.6 Å². The molecule has 0 saturated carbocycles. The number of methoxy groups -OCH3 is 1. The molecule has 2 rings (SSSR count). The lowest BCUT2D eigenvalue weighted by atomic mass is 10.1. The zero-order chi connectivity index (χ0) is 13.9. The number of nitrogens with one attached hydrogen (secondary N) is 1. The van der Waals surface area contributed by atoms with Crippen LogP contribution in [0.2, 0.25) is 0 Å². The highest BCUT2D eigenvalue weighted by molar-refractivity contribution is 8.00. The number of carboxylic acids is 1. The molecular formula is C14H19NO3S. The Balaban J connectivity index is 1.89. The van der Waals surface area contributed by atoms with Gasteiger partial charge in [0.15, 0.2) is 0 Å². The van der Waals surface area contributed by atoms with E-state index >= 15 is 0 Å². The van der Waals surface area contributed by atoms with Crippen LogP contribution in [-0.2, 0) is 11.2 Å². The Labute approximate surface area is 117 Å². The predicted molar refractivity (Wildman–Crippen MR) is 76.7 cm³/mol. The standard InChI is InChI=1S/C14H19NO3S/c1-14(15-12(9-19-14)13(16)17)8-7-10-3-5-11(18-2)6-4-10/h3-6,12,15H,7-9H2,1-2H3,(H,16,17)/t12-,14?/m0/s1. The third-order valence-corrected chi connectivity index (χ3v) is 4.86. The zero-order valence-corrected chi connectivity index (χ0v) is 12.0. The van der Waals surface area contributed by atoms with Crippen molar-refractivity contribution in [2.75, 3.05) is 12.9 Å². The Morgan fingerprint density at radius 2 is 2.21 bits per heavy atom. The van der Waals surface area contributed by atoms with Gasteiger partial charge in [-0.2, -0.15) is 0 Å². The molecule has 0 radical (unpaired) electrons. The summed E-state index contributed by atoms with van der Waals surface area (Å²) in [5, 5.41) is 12.2. The highest BCUT2D eigenvalue weighted by atomic mass is 32.2. The number of hydrogen-bond acceptors (Lipinski definition) is 4. The van der Waals surface area contributed by atoms with Gasteiger partial charge in [0.25, 0.3) is 0 Å². The summed E-state index contributed by atoms with van der Waals surface area (Å²) in [6.45, 7) is 2.07. The largest absolute Gasteiger partial charge is 0.497 e. The number of thioether (sulfide) groups is 1. The van der Waals surface area contributed by atoms with Crippen LogP contribution in [0, 0.1) is 0 Å². The van der Waals surface area contributed by atoms with Crippen molar-refractivity contribution in [3.63, 3.8) is 0 Å². The average molecular weight is 281 g/mol. The number of aliphatic carboxylic acids is 1. The lowest BCUT2D eigenvalue weighted by Crippen LogP contribution is -2.43. The van der Waals surface area contributed by atoms with Gasteiger partial charge >= 0.3 is 5.97 Å². The van der Waals surface area contributed by atoms with E-state index in [-0.39, 0.29) is 4.87 Å². The first-order valence-electron chi connectivity index (χ1n) is 6.30. The molecular weight excluding hydrogens is 262 g/mol. The maximum atomic E-state index is 10.9. The van der Waals surface area contributed by atoms with Crippen LogP contribution >= 0.6 is 11.8 Å². The Hall–Kier alpha value is -1.20. The van der Waals surface area contributed by atoms with Gasteiger partial charge in [-0.05, 0) is 37.5 Å². The normalized spacial score (nSPS) is 26.3. The Morgan fingerprint density at radius 3 is 2.74 bits per heavy atom. The van der Waals surface area contributed by atoms with Crippen LogP contribution in [0.15, 0.2) is 24.3 Å². The third-order valence-electron chi connectivity index (χ3n) is 3.40. The molecule has 1 heterocycles.